The molecule has 1 aliphatic rings. The van der Waals surface area contributed by atoms with Crippen molar-refractivity contribution in [1.82, 2.24) is 19.5 Å². The first kappa shape index (κ1) is 28.0. The summed E-state index contributed by atoms with van der Waals surface area (Å²) in [5.74, 6) is -1.97. The number of imidazole rings is 1. The summed E-state index contributed by atoms with van der Waals surface area (Å²) in [6.45, 7) is -0.321. The average Bonchev–Trinajstić information content (AvgIpc) is 3.63. The fraction of sp³-hybridized carbons (Fsp3) is 0.161. The maximum absolute atomic E-state index is 13.3. The normalized spacial score (nSPS) is 19.6. The molecule has 0 radical (unpaired) electrons. The monoisotopic (exact) mass is 598 g/mol. The van der Waals surface area contributed by atoms with Gasteiger partial charge in [0.2, 0.25) is 0 Å². The van der Waals surface area contributed by atoms with Gasteiger partial charge in [0.05, 0.1) is 23.0 Å². The molecule has 1 fully saturated rings. The van der Waals surface area contributed by atoms with E-state index in [1.165, 1.54) is 17.2 Å². The Balaban J connectivity index is 1.37. The molecule has 0 spiro atoms. The summed E-state index contributed by atoms with van der Waals surface area (Å²) >= 11 is 6.23. The minimum Gasteiger partial charge on any atom is -0.459 e. The van der Waals surface area contributed by atoms with Gasteiger partial charge in [0, 0.05) is 0 Å². The van der Waals surface area contributed by atoms with Gasteiger partial charge in [0.25, 0.3) is 0 Å². The molecule has 0 N–H and O–H groups in total. The largest absolute Gasteiger partial charge is 0.459 e. The summed E-state index contributed by atoms with van der Waals surface area (Å²) in [6, 6.07) is 25.1. The van der Waals surface area contributed by atoms with E-state index in [-0.39, 0.29) is 28.4 Å². The molecule has 0 saturated carbocycles. The molecule has 5 aromatic rings. The summed E-state index contributed by atoms with van der Waals surface area (Å²) in [6.07, 6.45) is -1.90. The third kappa shape index (κ3) is 5.94. The molecule has 11 nitrogen and oxygen atoms in total. The Bertz CT molecular complexity index is 1750. The molecule has 12 heteroatoms. The van der Waals surface area contributed by atoms with E-state index in [0.717, 1.165) is 0 Å². The molecular formula is C31H23ClN4O7. The number of hydrogen-bond donors (Lipinski definition) is 0. The van der Waals surface area contributed by atoms with Crippen molar-refractivity contribution in [1.29, 1.82) is 0 Å². The van der Waals surface area contributed by atoms with E-state index >= 15 is 0 Å². The number of carbonyl (C=O) groups is 3. The van der Waals surface area contributed by atoms with Gasteiger partial charge in [-0.1, -0.05) is 66.2 Å². The van der Waals surface area contributed by atoms with Crippen LogP contribution in [-0.4, -0.2) is 62.3 Å². The summed E-state index contributed by atoms with van der Waals surface area (Å²) in [4.78, 5) is 51.9. The van der Waals surface area contributed by atoms with Gasteiger partial charge < -0.3 is 18.9 Å². The van der Waals surface area contributed by atoms with Crippen molar-refractivity contribution < 1.29 is 33.3 Å². The van der Waals surface area contributed by atoms with Gasteiger partial charge in [0.15, 0.2) is 29.2 Å². The molecule has 3 heterocycles. The lowest BCUT2D eigenvalue weighted by atomic mass is 10.1. The summed E-state index contributed by atoms with van der Waals surface area (Å²) in [5.41, 5.74) is 1.45. The number of nitrogens with zero attached hydrogens (tertiary/aromatic N) is 4. The Morgan fingerprint density at radius 1 is 0.721 bits per heavy atom. The second kappa shape index (κ2) is 12.4. The summed E-state index contributed by atoms with van der Waals surface area (Å²) in [5, 5.41) is 0.111. The molecule has 216 valence electrons. The Labute approximate surface area is 250 Å². The third-order valence-corrected chi connectivity index (χ3v) is 7.04. The number of benzene rings is 3. The highest BCUT2D eigenvalue weighted by atomic mass is 35.5. The average molecular weight is 599 g/mol. The van der Waals surface area contributed by atoms with Gasteiger partial charge in [-0.2, -0.15) is 0 Å². The van der Waals surface area contributed by atoms with Crippen LogP contribution in [0.4, 0.5) is 0 Å². The molecule has 3 aromatic carbocycles. The topological polar surface area (TPSA) is 132 Å². The van der Waals surface area contributed by atoms with Gasteiger partial charge in [-0.25, -0.2) is 29.3 Å². The molecule has 0 aliphatic carbocycles. The van der Waals surface area contributed by atoms with Crippen LogP contribution in [0.5, 0.6) is 0 Å². The molecule has 43 heavy (non-hydrogen) atoms. The third-order valence-electron chi connectivity index (χ3n) is 6.77. The highest BCUT2D eigenvalue weighted by molar-refractivity contribution is 6.33. The van der Waals surface area contributed by atoms with Crippen LogP contribution in [0.15, 0.2) is 104 Å². The van der Waals surface area contributed by atoms with Crippen molar-refractivity contribution in [3.63, 3.8) is 0 Å². The number of rotatable bonds is 8. The zero-order valence-corrected chi connectivity index (χ0v) is 23.1. The van der Waals surface area contributed by atoms with E-state index in [1.54, 1.807) is 91.0 Å². The molecule has 1 saturated heterocycles. The van der Waals surface area contributed by atoms with Crippen LogP contribution in [0.25, 0.3) is 11.2 Å². The van der Waals surface area contributed by atoms with Crippen molar-refractivity contribution in [3.05, 3.63) is 125 Å². The molecule has 1 aliphatic heterocycles. The number of hydrogen-bond acceptors (Lipinski definition) is 10. The molecule has 0 amide bonds. The lowest BCUT2D eigenvalue weighted by Crippen LogP contribution is -2.41. The van der Waals surface area contributed by atoms with E-state index in [9.17, 15) is 14.4 Å². The van der Waals surface area contributed by atoms with Crippen LogP contribution >= 0.6 is 11.6 Å². The van der Waals surface area contributed by atoms with Crippen molar-refractivity contribution in [3.8, 4) is 0 Å². The van der Waals surface area contributed by atoms with Gasteiger partial charge in [-0.05, 0) is 36.4 Å². The summed E-state index contributed by atoms with van der Waals surface area (Å²) < 4.78 is 25.3. The Morgan fingerprint density at radius 2 is 1.26 bits per heavy atom. The zero-order valence-electron chi connectivity index (χ0n) is 22.4. The predicted octanol–water partition coefficient (Wildman–Crippen LogP) is 4.69. The highest BCUT2D eigenvalue weighted by Crippen LogP contribution is 2.37. The van der Waals surface area contributed by atoms with E-state index in [0.29, 0.717) is 11.2 Å². The highest BCUT2D eigenvalue weighted by Gasteiger charge is 2.51. The smallest absolute Gasteiger partial charge is 0.338 e. The van der Waals surface area contributed by atoms with Crippen LogP contribution in [-0.2, 0) is 18.9 Å². The Kier molecular flexibility index (Phi) is 8.07. The molecule has 2 aromatic heterocycles. The quantitative estimate of drug-likeness (QED) is 0.141. The summed E-state index contributed by atoms with van der Waals surface area (Å²) in [7, 11) is 0. The fourth-order valence-corrected chi connectivity index (χ4v) is 4.87. The maximum atomic E-state index is 13.3. The van der Waals surface area contributed by atoms with Gasteiger partial charge in [-0.3, -0.25) is 4.57 Å². The predicted molar refractivity (Wildman–Crippen MR) is 152 cm³/mol. The van der Waals surface area contributed by atoms with Crippen LogP contribution in [0.3, 0.4) is 0 Å². The molecule has 4 atom stereocenters. The molecule has 0 bridgehead atoms. The second-order valence-corrected chi connectivity index (χ2v) is 9.85. The van der Waals surface area contributed by atoms with Gasteiger partial charge in [-0.15, -0.1) is 0 Å². The molecule has 0 unspecified atom stereocenters. The number of halogens is 1. The fourth-order valence-electron chi connectivity index (χ4n) is 4.69. The van der Waals surface area contributed by atoms with Crippen molar-refractivity contribution in [2.75, 3.05) is 6.61 Å². The maximum Gasteiger partial charge on any atom is 0.338 e. The molecular weight excluding hydrogens is 576 g/mol. The van der Waals surface area contributed by atoms with Gasteiger partial charge >= 0.3 is 17.9 Å². The van der Waals surface area contributed by atoms with Crippen molar-refractivity contribution in [2.24, 2.45) is 0 Å². The second-order valence-electron chi connectivity index (χ2n) is 9.49. The number of aromatic nitrogens is 4. The Morgan fingerprint density at radius 3 is 1.84 bits per heavy atom. The van der Waals surface area contributed by atoms with E-state index in [2.05, 4.69) is 15.0 Å². The Hall–Kier alpha value is -5.13. The van der Waals surface area contributed by atoms with Crippen LogP contribution in [0.2, 0.25) is 5.15 Å². The zero-order chi connectivity index (χ0) is 29.8. The minimum absolute atomic E-state index is 0.111. The molecule has 6 rings (SSSR count). The lowest BCUT2D eigenvalue weighted by Gasteiger charge is -2.25. The van der Waals surface area contributed by atoms with E-state index < -0.39 is 42.4 Å². The van der Waals surface area contributed by atoms with Gasteiger partial charge in [0.1, 0.15) is 24.6 Å². The van der Waals surface area contributed by atoms with E-state index in [4.69, 9.17) is 30.5 Å². The minimum atomic E-state index is -1.22. The standard InChI is InChI=1S/C31H23ClN4O7/c32-26-23-27(34-17-33-26)36(18-35-23)28-25(43-31(39)21-14-8-3-9-15-21)24(42-30(38)20-12-6-2-7-13-20)22(41-28)16-40-29(37)19-10-4-1-5-11-19/h1-15,17-18,22,24-25,28H,16H2/t22-,24-,25-,28+/m0/s1. The number of ether oxygens (including phenoxy) is 4. The SMILES string of the molecule is O=C(OC[C@@H]1O[C@@H](n2cnc3c(Cl)ncnc32)[C@@H](OC(=O)c2ccccc2)[C@H]1OC(=O)c1ccccc1)c1ccccc1. The van der Waals surface area contributed by atoms with Crippen molar-refractivity contribution >= 4 is 40.7 Å². The first-order valence-corrected chi connectivity index (χ1v) is 13.6. The van der Waals surface area contributed by atoms with Crippen LogP contribution in [0, 0.1) is 0 Å². The number of fused-ring (bicyclic) bond motifs is 1. The number of esters is 3. The van der Waals surface area contributed by atoms with Crippen LogP contribution < -0.4 is 0 Å². The van der Waals surface area contributed by atoms with E-state index in [1.807, 2.05) is 0 Å². The first-order valence-electron chi connectivity index (χ1n) is 13.2. The lowest BCUT2D eigenvalue weighted by molar-refractivity contribution is -0.0606. The first-order chi connectivity index (χ1) is 21.0. The van der Waals surface area contributed by atoms with Crippen molar-refractivity contribution in [2.45, 2.75) is 24.5 Å². The van der Waals surface area contributed by atoms with Crippen LogP contribution in [0.1, 0.15) is 37.3 Å². The number of carbonyl (C=O) groups excluding carboxylic acids is 3.